The monoisotopic (exact) mass is 411 g/mol. The Bertz CT molecular complexity index is 785. The number of likely N-dealkylation sites (tertiary alicyclic amines) is 1. The molecule has 1 atom stereocenters. The van der Waals surface area contributed by atoms with Crippen molar-refractivity contribution < 1.29 is 14.3 Å². The molecule has 1 fully saturated rings. The minimum atomic E-state index is -0.0347. The van der Waals surface area contributed by atoms with E-state index in [-0.39, 0.29) is 18.0 Å². The molecule has 2 heterocycles. The molecule has 0 spiro atoms. The minimum Gasteiger partial charge on any atom is -0.466 e. The van der Waals surface area contributed by atoms with Gasteiger partial charge in [-0.2, -0.15) is 0 Å². The van der Waals surface area contributed by atoms with Crippen LogP contribution in [0.1, 0.15) is 42.6 Å². The van der Waals surface area contributed by atoms with E-state index in [2.05, 4.69) is 53.4 Å². The zero-order valence-corrected chi connectivity index (χ0v) is 17.8. The predicted octanol–water partition coefficient (Wildman–Crippen LogP) is 4.67. The van der Waals surface area contributed by atoms with Crippen LogP contribution in [0.4, 0.5) is 0 Å². The van der Waals surface area contributed by atoms with Gasteiger partial charge in [-0.05, 0) is 55.6 Å². The first-order valence-electron chi connectivity index (χ1n) is 10.6. The highest BCUT2D eigenvalue weighted by molar-refractivity contribution is 7.98. The van der Waals surface area contributed by atoms with Crippen molar-refractivity contribution >= 4 is 17.7 Å². The SMILES string of the molecule is CCOC(=O)C1CCN(CCOC2c3ccccc3CSc3ccccc32)CC1. The van der Waals surface area contributed by atoms with Crippen LogP contribution in [0, 0.1) is 5.92 Å². The summed E-state index contributed by atoms with van der Waals surface area (Å²) in [7, 11) is 0. The number of hydrogen-bond donors (Lipinski definition) is 0. The van der Waals surface area contributed by atoms with Gasteiger partial charge in [0.25, 0.3) is 0 Å². The summed E-state index contributed by atoms with van der Waals surface area (Å²) in [4.78, 5) is 15.6. The minimum absolute atomic E-state index is 0.0190. The van der Waals surface area contributed by atoms with Crippen molar-refractivity contribution in [1.29, 1.82) is 0 Å². The average molecular weight is 412 g/mol. The number of carbonyl (C=O) groups excluding carboxylic acids is 1. The van der Waals surface area contributed by atoms with Crippen molar-refractivity contribution in [3.8, 4) is 0 Å². The van der Waals surface area contributed by atoms with Gasteiger partial charge in [-0.25, -0.2) is 0 Å². The third-order valence-electron chi connectivity index (χ3n) is 5.82. The van der Waals surface area contributed by atoms with Crippen LogP contribution in [0.15, 0.2) is 53.4 Å². The van der Waals surface area contributed by atoms with Crippen molar-refractivity contribution in [2.45, 2.75) is 36.5 Å². The van der Waals surface area contributed by atoms with Gasteiger partial charge in [-0.3, -0.25) is 4.79 Å². The maximum Gasteiger partial charge on any atom is 0.309 e. The van der Waals surface area contributed by atoms with E-state index in [1.807, 2.05) is 18.7 Å². The summed E-state index contributed by atoms with van der Waals surface area (Å²) >= 11 is 1.89. The van der Waals surface area contributed by atoms with Gasteiger partial charge in [0.2, 0.25) is 0 Å². The quantitative estimate of drug-likeness (QED) is 0.646. The second-order valence-corrected chi connectivity index (χ2v) is 8.66. The molecule has 2 aromatic carbocycles. The van der Waals surface area contributed by atoms with Crippen molar-refractivity contribution in [2.75, 3.05) is 32.8 Å². The molecule has 0 aliphatic carbocycles. The first-order valence-corrected chi connectivity index (χ1v) is 11.5. The van der Waals surface area contributed by atoms with E-state index in [0.29, 0.717) is 13.2 Å². The normalized spacial score (nSPS) is 19.8. The van der Waals surface area contributed by atoms with Crippen LogP contribution in [-0.2, 0) is 20.0 Å². The molecule has 0 aromatic heterocycles. The molecule has 0 radical (unpaired) electrons. The largest absolute Gasteiger partial charge is 0.466 e. The maximum atomic E-state index is 11.9. The lowest BCUT2D eigenvalue weighted by molar-refractivity contribution is -0.149. The Kier molecular flexibility index (Phi) is 6.90. The third kappa shape index (κ3) is 4.85. The lowest BCUT2D eigenvalue weighted by atomic mass is 9.97. The summed E-state index contributed by atoms with van der Waals surface area (Å²) in [5.41, 5.74) is 3.91. The number of carbonyl (C=O) groups is 1. The maximum absolute atomic E-state index is 11.9. The van der Waals surface area contributed by atoms with E-state index < -0.39 is 0 Å². The first kappa shape index (κ1) is 20.5. The van der Waals surface area contributed by atoms with Crippen LogP contribution in [0.25, 0.3) is 0 Å². The molecule has 2 aromatic rings. The Balaban J connectivity index is 1.37. The zero-order valence-electron chi connectivity index (χ0n) is 17.0. The highest BCUT2D eigenvalue weighted by Gasteiger charge is 2.27. The number of esters is 1. The van der Waals surface area contributed by atoms with Crippen molar-refractivity contribution in [3.63, 3.8) is 0 Å². The number of fused-ring (bicyclic) bond motifs is 2. The summed E-state index contributed by atoms with van der Waals surface area (Å²) in [5, 5.41) is 0. The number of piperidine rings is 1. The van der Waals surface area contributed by atoms with Crippen molar-refractivity contribution in [3.05, 3.63) is 65.2 Å². The van der Waals surface area contributed by atoms with E-state index in [1.165, 1.54) is 21.6 Å². The Morgan fingerprint density at radius 3 is 2.59 bits per heavy atom. The van der Waals surface area contributed by atoms with E-state index in [4.69, 9.17) is 9.47 Å². The summed E-state index contributed by atoms with van der Waals surface area (Å²) in [6, 6.07) is 17.2. The lowest BCUT2D eigenvalue weighted by Crippen LogP contribution is -2.38. The molecule has 4 rings (SSSR count). The molecule has 2 aliphatic heterocycles. The molecule has 0 amide bonds. The second kappa shape index (κ2) is 9.79. The molecule has 154 valence electrons. The van der Waals surface area contributed by atoms with Crippen LogP contribution >= 0.6 is 11.8 Å². The summed E-state index contributed by atoms with van der Waals surface area (Å²) < 4.78 is 11.7. The lowest BCUT2D eigenvalue weighted by Gasteiger charge is -2.31. The van der Waals surface area contributed by atoms with E-state index >= 15 is 0 Å². The Morgan fingerprint density at radius 1 is 1.07 bits per heavy atom. The topological polar surface area (TPSA) is 38.8 Å². The van der Waals surface area contributed by atoms with Gasteiger partial charge in [0, 0.05) is 17.2 Å². The molecule has 1 saturated heterocycles. The summed E-state index contributed by atoms with van der Waals surface area (Å²) in [6.45, 7) is 5.77. The number of rotatable bonds is 6. The van der Waals surface area contributed by atoms with Crippen molar-refractivity contribution in [1.82, 2.24) is 4.90 Å². The van der Waals surface area contributed by atoms with Gasteiger partial charge in [0.1, 0.15) is 6.10 Å². The molecule has 0 N–H and O–H groups in total. The Labute approximate surface area is 177 Å². The molecule has 29 heavy (non-hydrogen) atoms. The number of thioether (sulfide) groups is 1. The molecule has 0 saturated carbocycles. The average Bonchev–Trinajstić information content (AvgIpc) is 2.92. The van der Waals surface area contributed by atoms with Gasteiger partial charge in [-0.1, -0.05) is 42.5 Å². The zero-order chi connectivity index (χ0) is 20.1. The smallest absolute Gasteiger partial charge is 0.309 e. The summed E-state index contributed by atoms with van der Waals surface area (Å²) in [5.74, 6) is 1.01. The van der Waals surface area contributed by atoms with Gasteiger partial charge < -0.3 is 14.4 Å². The molecule has 5 heteroatoms. The van der Waals surface area contributed by atoms with Crippen LogP contribution in [0.2, 0.25) is 0 Å². The third-order valence-corrected chi connectivity index (χ3v) is 6.96. The van der Waals surface area contributed by atoms with E-state index in [0.717, 1.165) is 38.2 Å². The van der Waals surface area contributed by atoms with Gasteiger partial charge in [0.05, 0.1) is 19.1 Å². The molecule has 1 unspecified atom stereocenters. The standard InChI is InChI=1S/C24H29NO3S/c1-2-27-24(26)18-11-13-25(14-12-18)15-16-28-23-20-8-4-3-7-19(20)17-29-22-10-6-5-9-21(22)23/h3-10,18,23H,2,11-17H2,1H3. The predicted molar refractivity (Wildman–Crippen MR) is 116 cm³/mol. The number of nitrogens with zero attached hydrogens (tertiary/aromatic N) is 1. The van der Waals surface area contributed by atoms with Gasteiger partial charge >= 0.3 is 5.97 Å². The fourth-order valence-electron chi connectivity index (χ4n) is 4.20. The second-order valence-electron chi connectivity index (χ2n) is 7.64. The molecule has 2 aliphatic rings. The molecule has 0 bridgehead atoms. The fourth-order valence-corrected chi connectivity index (χ4v) is 5.30. The van der Waals surface area contributed by atoms with E-state index in [1.54, 1.807) is 0 Å². The van der Waals surface area contributed by atoms with Gasteiger partial charge in [-0.15, -0.1) is 11.8 Å². The summed E-state index contributed by atoms with van der Waals surface area (Å²) in [6.07, 6.45) is 1.74. The van der Waals surface area contributed by atoms with Gasteiger partial charge in [0.15, 0.2) is 0 Å². The number of hydrogen-bond acceptors (Lipinski definition) is 5. The first-order chi connectivity index (χ1) is 14.3. The highest BCUT2D eigenvalue weighted by Crippen LogP contribution is 2.40. The molecule has 4 nitrogen and oxygen atoms in total. The number of benzene rings is 2. The van der Waals surface area contributed by atoms with Crippen LogP contribution in [0.5, 0.6) is 0 Å². The van der Waals surface area contributed by atoms with E-state index in [9.17, 15) is 4.79 Å². The van der Waals surface area contributed by atoms with Crippen LogP contribution in [-0.4, -0.2) is 43.7 Å². The Hall–Kier alpha value is -1.82. The van der Waals surface area contributed by atoms with Crippen molar-refractivity contribution in [2.24, 2.45) is 5.92 Å². The Morgan fingerprint density at radius 2 is 1.79 bits per heavy atom. The van der Waals surface area contributed by atoms with Crippen LogP contribution < -0.4 is 0 Å². The highest BCUT2D eigenvalue weighted by atomic mass is 32.2. The number of ether oxygens (including phenoxy) is 2. The molecular weight excluding hydrogens is 382 g/mol. The van der Waals surface area contributed by atoms with Crippen LogP contribution in [0.3, 0.4) is 0 Å². The molecular formula is C24H29NO3S. The fraction of sp³-hybridized carbons (Fsp3) is 0.458.